The van der Waals surface area contributed by atoms with Crippen molar-refractivity contribution in [1.29, 1.82) is 0 Å². The molecule has 2 fully saturated rings. The van der Waals surface area contributed by atoms with Crippen LogP contribution in [0, 0.1) is 0 Å². The van der Waals surface area contributed by atoms with Crippen molar-refractivity contribution >= 4 is 49.6 Å². The summed E-state index contributed by atoms with van der Waals surface area (Å²) in [6, 6.07) is 7.35. The number of benzene rings is 1. The predicted molar refractivity (Wildman–Crippen MR) is 146 cm³/mol. The first-order valence-corrected chi connectivity index (χ1v) is 15.2. The number of thiophene rings is 1. The number of morpholine rings is 1. The van der Waals surface area contributed by atoms with E-state index in [9.17, 15) is 21.6 Å². The molecule has 0 radical (unpaired) electrons. The molecule has 2 aliphatic heterocycles. The lowest BCUT2D eigenvalue weighted by atomic mass is 10.2. The molecule has 3 aromatic rings. The molecule has 1 N–H and O–H groups in total. The van der Waals surface area contributed by atoms with Crippen molar-refractivity contribution in [3.63, 3.8) is 0 Å². The maximum Gasteiger partial charge on any atom is 0.573 e. The van der Waals surface area contributed by atoms with E-state index in [0.717, 1.165) is 20.9 Å². The van der Waals surface area contributed by atoms with Crippen LogP contribution in [0.1, 0.15) is 10.4 Å². The molecule has 2 aromatic heterocycles. The molecule has 0 amide bonds. The minimum absolute atomic E-state index is 0.286. The second-order valence-corrected chi connectivity index (χ2v) is 12.4. The molecule has 0 saturated carbocycles. The van der Waals surface area contributed by atoms with Gasteiger partial charge in [0, 0.05) is 50.7 Å². The number of aromatic nitrogens is 2. The summed E-state index contributed by atoms with van der Waals surface area (Å²) < 4.78 is 72.6. The van der Waals surface area contributed by atoms with Crippen LogP contribution in [-0.2, 0) is 21.3 Å². The number of hydrogen-bond acceptors (Lipinski definition) is 11. The molecule has 16 heteroatoms. The molecule has 0 bridgehead atoms. The number of hydrogen-bond donors (Lipinski definition) is 1. The van der Waals surface area contributed by atoms with Gasteiger partial charge in [0.1, 0.15) is 5.75 Å². The lowest BCUT2D eigenvalue weighted by Gasteiger charge is -2.32. The van der Waals surface area contributed by atoms with Crippen LogP contribution in [0.4, 0.5) is 24.9 Å². The van der Waals surface area contributed by atoms with Crippen LogP contribution in [0.2, 0.25) is 0 Å². The third-order valence-corrected chi connectivity index (χ3v) is 8.80. The van der Waals surface area contributed by atoms with Gasteiger partial charge >= 0.3 is 6.36 Å². The number of ether oxygens (including phenoxy) is 2. The van der Waals surface area contributed by atoms with E-state index < -0.39 is 16.4 Å². The van der Waals surface area contributed by atoms with Gasteiger partial charge < -0.3 is 14.4 Å². The summed E-state index contributed by atoms with van der Waals surface area (Å²) >= 11 is 1.61. The zero-order valence-electron chi connectivity index (χ0n) is 21.6. The summed E-state index contributed by atoms with van der Waals surface area (Å²) in [7, 11) is -3.19. The van der Waals surface area contributed by atoms with Crippen molar-refractivity contribution in [2.45, 2.75) is 12.9 Å². The highest BCUT2D eigenvalue weighted by molar-refractivity contribution is 7.88. The van der Waals surface area contributed by atoms with Gasteiger partial charge in [-0.3, -0.25) is 4.90 Å². The molecular formula is C24H28F3N7O4S2. The SMILES string of the molecule is CS(=O)(=O)N1CCN(Cc2cc3nc(N/N=C/c4ccc(OC(F)(F)F)cc4)nc(N4CCOCC4)c3s2)CC1. The van der Waals surface area contributed by atoms with Crippen LogP contribution in [0.5, 0.6) is 5.75 Å². The molecule has 1 aromatic carbocycles. The Morgan fingerprint density at radius 2 is 1.80 bits per heavy atom. The third kappa shape index (κ3) is 7.37. The predicted octanol–water partition coefficient (Wildman–Crippen LogP) is 2.95. The number of alkyl halides is 3. The highest BCUT2D eigenvalue weighted by atomic mass is 32.2. The Balaban J connectivity index is 1.32. The minimum Gasteiger partial charge on any atom is -0.406 e. The summed E-state index contributed by atoms with van der Waals surface area (Å²) in [6.07, 6.45) is -2.06. The van der Waals surface area contributed by atoms with Crippen LogP contribution in [0.25, 0.3) is 10.2 Å². The number of fused-ring (bicyclic) bond motifs is 1. The molecule has 0 unspecified atom stereocenters. The van der Waals surface area contributed by atoms with Crippen LogP contribution in [0.15, 0.2) is 35.4 Å². The van der Waals surface area contributed by atoms with Gasteiger partial charge in [-0.05, 0) is 35.9 Å². The van der Waals surface area contributed by atoms with Gasteiger partial charge in [0.25, 0.3) is 0 Å². The van der Waals surface area contributed by atoms with Gasteiger partial charge in [-0.2, -0.15) is 14.4 Å². The van der Waals surface area contributed by atoms with Gasteiger partial charge in [0.2, 0.25) is 16.0 Å². The molecule has 2 aliphatic rings. The molecule has 0 spiro atoms. The summed E-state index contributed by atoms with van der Waals surface area (Å²) in [4.78, 5) is 14.8. The van der Waals surface area contributed by atoms with Gasteiger partial charge in [-0.25, -0.2) is 18.8 Å². The summed E-state index contributed by atoms with van der Waals surface area (Å²) in [5.74, 6) is 0.748. The fourth-order valence-electron chi connectivity index (χ4n) is 4.44. The smallest absolute Gasteiger partial charge is 0.406 e. The third-order valence-electron chi connectivity index (χ3n) is 6.39. The van der Waals surface area contributed by atoms with E-state index in [1.807, 2.05) is 6.07 Å². The van der Waals surface area contributed by atoms with Crippen molar-refractivity contribution in [3.8, 4) is 5.75 Å². The Hall–Kier alpha value is -3.05. The maximum absolute atomic E-state index is 12.4. The minimum atomic E-state index is -4.75. The number of sulfonamides is 1. The zero-order chi connectivity index (χ0) is 28.3. The number of anilines is 2. The molecule has 0 atom stereocenters. The summed E-state index contributed by atoms with van der Waals surface area (Å²) in [5, 5.41) is 4.17. The standard InChI is InChI=1S/C24H28F3N7O4S2/c1-40(35,36)34-8-6-32(7-9-34)16-19-14-20-21(39-19)22(33-10-12-37-13-11-33)30-23(29-20)31-28-15-17-2-4-18(5-3-17)38-24(25,26)27/h2-5,14-15H,6-13,16H2,1H3,(H,29,30,31)/b28-15+. The molecule has 0 aliphatic carbocycles. The number of nitrogens with one attached hydrogen (secondary N) is 1. The molecule has 4 heterocycles. The number of nitrogens with zero attached hydrogens (tertiary/aromatic N) is 6. The van der Waals surface area contributed by atoms with E-state index in [0.29, 0.717) is 64.6 Å². The topological polar surface area (TPSA) is 112 Å². The van der Waals surface area contributed by atoms with E-state index in [-0.39, 0.29) is 11.7 Å². The van der Waals surface area contributed by atoms with Gasteiger partial charge in [0.15, 0.2) is 5.82 Å². The normalized spacial score (nSPS) is 18.1. The van der Waals surface area contributed by atoms with Crippen molar-refractivity contribution in [3.05, 3.63) is 40.8 Å². The van der Waals surface area contributed by atoms with Crippen LogP contribution >= 0.6 is 11.3 Å². The van der Waals surface area contributed by atoms with Crippen molar-refractivity contribution in [2.24, 2.45) is 5.10 Å². The molecular weight excluding hydrogens is 571 g/mol. The van der Waals surface area contributed by atoms with E-state index in [1.54, 1.807) is 11.3 Å². The summed E-state index contributed by atoms with van der Waals surface area (Å²) in [5.41, 5.74) is 4.16. The van der Waals surface area contributed by atoms with Crippen molar-refractivity contribution in [1.82, 2.24) is 19.2 Å². The number of piperazine rings is 1. The first kappa shape index (κ1) is 28.5. The van der Waals surface area contributed by atoms with E-state index in [1.165, 1.54) is 41.0 Å². The van der Waals surface area contributed by atoms with E-state index in [2.05, 4.69) is 30.0 Å². The molecule has 5 rings (SSSR count). The monoisotopic (exact) mass is 599 g/mol. The second-order valence-electron chi connectivity index (χ2n) is 9.32. The lowest BCUT2D eigenvalue weighted by molar-refractivity contribution is -0.274. The Labute approximate surface area is 233 Å². The average molecular weight is 600 g/mol. The maximum atomic E-state index is 12.4. The highest BCUT2D eigenvalue weighted by Crippen LogP contribution is 2.34. The second kappa shape index (κ2) is 11.8. The van der Waals surface area contributed by atoms with Crippen molar-refractivity contribution in [2.75, 3.05) is 69.1 Å². The molecule has 40 heavy (non-hydrogen) atoms. The number of hydrazone groups is 1. The number of rotatable bonds is 8. The Kier molecular flexibility index (Phi) is 8.42. The van der Waals surface area contributed by atoms with Gasteiger partial charge in [0.05, 0.1) is 35.9 Å². The van der Waals surface area contributed by atoms with Crippen LogP contribution < -0.4 is 15.1 Å². The fourth-order valence-corrected chi connectivity index (χ4v) is 6.42. The Morgan fingerprint density at radius 3 is 2.45 bits per heavy atom. The quantitative estimate of drug-likeness (QED) is 0.309. The van der Waals surface area contributed by atoms with Gasteiger partial charge in [-0.1, -0.05) is 0 Å². The summed E-state index contributed by atoms with van der Waals surface area (Å²) in [6.45, 7) is 5.44. The molecule has 11 nitrogen and oxygen atoms in total. The highest BCUT2D eigenvalue weighted by Gasteiger charge is 2.31. The van der Waals surface area contributed by atoms with Crippen LogP contribution in [0.3, 0.4) is 0 Å². The Morgan fingerprint density at radius 1 is 1.10 bits per heavy atom. The fraction of sp³-hybridized carbons (Fsp3) is 0.458. The molecule has 216 valence electrons. The van der Waals surface area contributed by atoms with Crippen LogP contribution in [-0.4, -0.2) is 98.9 Å². The van der Waals surface area contributed by atoms with Crippen molar-refractivity contribution < 1.29 is 31.1 Å². The van der Waals surface area contributed by atoms with E-state index >= 15 is 0 Å². The Bertz CT molecular complexity index is 1450. The zero-order valence-corrected chi connectivity index (χ0v) is 23.2. The largest absolute Gasteiger partial charge is 0.573 e. The van der Waals surface area contributed by atoms with Gasteiger partial charge in [-0.15, -0.1) is 24.5 Å². The van der Waals surface area contributed by atoms with E-state index in [4.69, 9.17) is 9.72 Å². The molecule has 2 saturated heterocycles. The first-order chi connectivity index (χ1) is 19.0. The average Bonchev–Trinajstić information content (AvgIpc) is 3.31. The number of halogens is 3. The lowest BCUT2D eigenvalue weighted by Crippen LogP contribution is -2.47. The first-order valence-electron chi connectivity index (χ1n) is 12.5.